The molecule has 2 aromatic rings. The Morgan fingerprint density at radius 2 is 1.57 bits per heavy atom. The zero-order chi connectivity index (χ0) is 31.7. The molecule has 2 aliphatic rings. The molecule has 2 amide bonds. The Morgan fingerprint density at radius 1 is 0.955 bits per heavy atom. The van der Waals surface area contributed by atoms with E-state index in [2.05, 4.69) is 39.9 Å². The van der Waals surface area contributed by atoms with Crippen LogP contribution in [0.25, 0.3) is 0 Å². The highest BCUT2D eigenvalue weighted by atomic mass is 16.6. The highest BCUT2D eigenvalue weighted by molar-refractivity contribution is 5.97. The summed E-state index contributed by atoms with van der Waals surface area (Å²) in [7, 11) is 0. The molecule has 0 spiro atoms. The van der Waals surface area contributed by atoms with Gasteiger partial charge < -0.3 is 20.1 Å². The van der Waals surface area contributed by atoms with Gasteiger partial charge in [0.2, 0.25) is 11.8 Å². The number of nitrogens with zero attached hydrogens (tertiary/aromatic N) is 1. The summed E-state index contributed by atoms with van der Waals surface area (Å²) >= 11 is 0. The summed E-state index contributed by atoms with van der Waals surface area (Å²) in [5.41, 5.74) is 0.343. The second-order valence-corrected chi connectivity index (χ2v) is 13.2. The fourth-order valence-corrected chi connectivity index (χ4v) is 6.01. The average molecular weight is 607 g/mol. The Labute approximate surface area is 262 Å². The molecule has 4 rings (SSSR count). The van der Waals surface area contributed by atoms with E-state index in [0.717, 1.165) is 11.1 Å². The number of rotatable bonds is 16. The van der Waals surface area contributed by atoms with E-state index in [1.54, 1.807) is 6.92 Å². The smallest absolute Gasteiger partial charge is 0.238 e. The van der Waals surface area contributed by atoms with Gasteiger partial charge in [-0.2, -0.15) is 0 Å². The van der Waals surface area contributed by atoms with Crippen molar-refractivity contribution in [2.24, 2.45) is 5.92 Å². The second-order valence-electron chi connectivity index (χ2n) is 13.2. The molecule has 9 heteroatoms. The molecular weight excluding hydrogens is 556 g/mol. The predicted octanol–water partition coefficient (Wildman–Crippen LogP) is 3.43. The second kappa shape index (κ2) is 15.3. The number of carbonyl (C=O) groups is 3. The molecule has 0 aliphatic carbocycles. The predicted molar refractivity (Wildman–Crippen MR) is 171 cm³/mol. The van der Waals surface area contributed by atoms with E-state index in [9.17, 15) is 14.4 Å². The van der Waals surface area contributed by atoms with E-state index in [0.29, 0.717) is 52.2 Å². The lowest BCUT2D eigenvalue weighted by Gasteiger charge is -2.39. The van der Waals surface area contributed by atoms with Crippen LogP contribution in [0, 0.1) is 5.92 Å². The lowest BCUT2D eigenvalue weighted by atomic mass is 9.89. The number of amides is 2. The van der Waals surface area contributed by atoms with Gasteiger partial charge in [-0.3, -0.25) is 24.6 Å². The Kier molecular flexibility index (Phi) is 11.7. The normalized spacial score (nSPS) is 22.0. The molecule has 2 heterocycles. The molecule has 2 saturated heterocycles. The Bertz CT molecular complexity index is 1230. The molecule has 240 valence electrons. The first-order valence-electron chi connectivity index (χ1n) is 15.9. The van der Waals surface area contributed by atoms with Crippen LogP contribution in [-0.4, -0.2) is 85.3 Å². The molecule has 44 heavy (non-hydrogen) atoms. The maximum atomic E-state index is 14.1. The lowest BCUT2D eigenvalue weighted by Crippen LogP contribution is -2.65. The molecule has 9 nitrogen and oxygen atoms in total. The number of carbonyl (C=O) groups excluding carboxylic acids is 3. The standard InChI is InChI=1S/C35H50N4O5/c1-25(2)20-29(32(41)34(4)24-44-34)36-33(42)30(21-27-12-8-6-9-13-27)37-35(5,22-26(3)28-14-10-7-11-15-28)38-31(40)23-39-16-18-43-19-17-39/h6-15,25-26,29-30,37H,16-24H2,1-5H3,(H,36,42)(H,38,40)/t26?,29-,30-,34+,35?/m0/s1. The van der Waals surface area contributed by atoms with Crippen molar-refractivity contribution in [1.29, 1.82) is 0 Å². The van der Waals surface area contributed by atoms with Gasteiger partial charge in [0.1, 0.15) is 5.60 Å². The van der Waals surface area contributed by atoms with Crippen LogP contribution in [-0.2, 0) is 30.3 Å². The van der Waals surface area contributed by atoms with Crippen molar-refractivity contribution in [1.82, 2.24) is 20.9 Å². The summed E-state index contributed by atoms with van der Waals surface area (Å²) in [6.07, 6.45) is 1.45. The largest absolute Gasteiger partial charge is 0.379 e. The van der Waals surface area contributed by atoms with Gasteiger partial charge in [-0.25, -0.2) is 0 Å². The number of epoxide rings is 1. The molecule has 2 unspecified atom stereocenters. The summed E-state index contributed by atoms with van der Waals surface area (Å²) < 4.78 is 10.9. The van der Waals surface area contributed by atoms with E-state index in [1.807, 2.05) is 69.3 Å². The van der Waals surface area contributed by atoms with E-state index < -0.39 is 23.3 Å². The molecular formula is C35H50N4O5. The monoisotopic (exact) mass is 606 g/mol. The van der Waals surface area contributed by atoms with Crippen molar-refractivity contribution >= 4 is 17.6 Å². The van der Waals surface area contributed by atoms with Crippen LogP contribution in [0.15, 0.2) is 60.7 Å². The fourth-order valence-electron chi connectivity index (χ4n) is 6.01. The summed E-state index contributed by atoms with van der Waals surface area (Å²) in [4.78, 5) is 43.0. The third-order valence-corrected chi connectivity index (χ3v) is 8.50. The van der Waals surface area contributed by atoms with E-state index in [1.165, 1.54) is 0 Å². The minimum Gasteiger partial charge on any atom is -0.379 e. The van der Waals surface area contributed by atoms with Crippen LogP contribution in [0.4, 0.5) is 0 Å². The van der Waals surface area contributed by atoms with Crippen molar-refractivity contribution in [3.05, 3.63) is 71.8 Å². The van der Waals surface area contributed by atoms with Gasteiger partial charge in [0.25, 0.3) is 0 Å². The van der Waals surface area contributed by atoms with Gasteiger partial charge >= 0.3 is 0 Å². The van der Waals surface area contributed by atoms with Crippen molar-refractivity contribution in [2.75, 3.05) is 39.5 Å². The fraction of sp³-hybridized carbons (Fsp3) is 0.571. The molecule has 3 N–H and O–H groups in total. The number of nitrogens with one attached hydrogen (secondary N) is 3. The minimum atomic E-state index is -0.932. The Hall–Kier alpha value is -3.11. The van der Waals surface area contributed by atoms with Crippen molar-refractivity contribution in [3.8, 4) is 0 Å². The number of hydrogen-bond acceptors (Lipinski definition) is 7. The number of ether oxygens (including phenoxy) is 2. The molecule has 0 radical (unpaired) electrons. The third-order valence-electron chi connectivity index (χ3n) is 8.50. The maximum absolute atomic E-state index is 14.1. The lowest BCUT2D eigenvalue weighted by molar-refractivity contribution is -0.132. The quantitative estimate of drug-likeness (QED) is 0.198. The molecule has 2 fully saturated rings. The zero-order valence-electron chi connectivity index (χ0n) is 26.9. The molecule has 5 atom stereocenters. The van der Waals surface area contributed by atoms with Gasteiger partial charge in [0.05, 0.1) is 44.1 Å². The van der Waals surface area contributed by atoms with Crippen molar-refractivity contribution in [3.63, 3.8) is 0 Å². The summed E-state index contributed by atoms with van der Waals surface area (Å²) in [5.74, 6) is -0.216. The summed E-state index contributed by atoms with van der Waals surface area (Å²) in [6, 6.07) is 18.6. The summed E-state index contributed by atoms with van der Waals surface area (Å²) in [6.45, 7) is 13.2. The molecule has 0 saturated carbocycles. The average Bonchev–Trinajstić information content (AvgIpc) is 3.75. The number of morpholine rings is 1. The van der Waals surface area contributed by atoms with Crippen LogP contribution in [0.5, 0.6) is 0 Å². The van der Waals surface area contributed by atoms with Gasteiger partial charge in [0.15, 0.2) is 5.78 Å². The maximum Gasteiger partial charge on any atom is 0.238 e. The number of hydrogen-bond donors (Lipinski definition) is 3. The van der Waals surface area contributed by atoms with Crippen molar-refractivity contribution in [2.45, 2.75) is 83.1 Å². The molecule has 0 aromatic heterocycles. The van der Waals surface area contributed by atoms with Gasteiger partial charge in [-0.05, 0) is 56.1 Å². The van der Waals surface area contributed by atoms with Gasteiger partial charge in [0, 0.05) is 13.1 Å². The van der Waals surface area contributed by atoms with E-state index >= 15 is 0 Å². The first-order chi connectivity index (χ1) is 21.0. The Balaban J connectivity index is 1.59. The van der Waals surface area contributed by atoms with Crippen molar-refractivity contribution < 1.29 is 23.9 Å². The highest BCUT2D eigenvalue weighted by Crippen LogP contribution is 2.30. The third kappa shape index (κ3) is 9.95. The van der Waals surface area contributed by atoms with Crippen LogP contribution >= 0.6 is 0 Å². The van der Waals surface area contributed by atoms with Crippen LogP contribution in [0.2, 0.25) is 0 Å². The number of benzene rings is 2. The van der Waals surface area contributed by atoms with Crippen LogP contribution in [0.1, 0.15) is 64.5 Å². The molecule has 2 aliphatic heterocycles. The topological polar surface area (TPSA) is 112 Å². The van der Waals surface area contributed by atoms with E-state index in [-0.39, 0.29) is 36.0 Å². The zero-order valence-corrected chi connectivity index (χ0v) is 26.9. The Morgan fingerprint density at radius 3 is 2.16 bits per heavy atom. The first kappa shape index (κ1) is 33.8. The van der Waals surface area contributed by atoms with Crippen LogP contribution in [0.3, 0.4) is 0 Å². The molecule has 2 aromatic carbocycles. The van der Waals surface area contributed by atoms with Gasteiger partial charge in [-0.15, -0.1) is 0 Å². The van der Waals surface area contributed by atoms with Crippen LogP contribution < -0.4 is 16.0 Å². The van der Waals surface area contributed by atoms with Gasteiger partial charge in [-0.1, -0.05) is 81.4 Å². The first-order valence-corrected chi connectivity index (χ1v) is 15.9. The summed E-state index contributed by atoms with van der Waals surface area (Å²) in [5, 5.41) is 9.90. The SMILES string of the molecule is CC(C)C[C@H](NC(=O)[C@H](Cc1ccccc1)NC(C)(CC(C)c1ccccc1)NC(=O)CN1CCOCC1)C(=O)[C@@]1(C)CO1. The number of Topliss-reactive ketones (excluding diaryl/α,β-unsaturated/α-hetero) is 1. The highest BCUT2D eigenvalue weighted by Gasteiger charge is 2.50. The number of ketones is 1. The van der Waals surface area contributed by atoms with E-state index in [4.69, 9.17) is 9.47 Å². The molecule has 0 bridgehead atoms. The minimum absolute atomic E-state index is 0.0834.